The van der Waals surface area contributed by atoms with Gasteiger partial charge < -0.3 is 10.6 Å². The standard InChI is InChI=1S/C12H18N2OS/c13-10-6-7-14(9-10)12(15)5-1-3-11-4-2-8-16-11/h2,4,8,10H,1,3,5-7,9,13H2/t10-/m0/s1. The Labute approximate surface area is 100 Å². The van der Waals surface area contributed by atoms with E-state index in [0.717, 1.165) is 32.4 Å². The molecule has 1 aromatic heterocycles. The maximum atomic E-state index is 11.8. The molecule has 1 aromatic rings. The first-order valence-electron chi connectivity index (χ1n) is 5.81. The molecule has 3 nitrogen and oxygen atoms in total. The molecule has 88 valence electrons. The van der Waals surface area contributed by atoms with E-state index >= 15 is 0 Å². The van der Waals surface area contributed by atoms with Gasteiger partial charge in [-0.1, -0.05) is 6.07 Å². The summed E-state index contributed by atoms with van der Waals surface area (Å²) in [4.78, 5) is 15.1. The molecule has 1 aliphatic rings. The second kappa shape index (κ2) is 5.46. The summed E-state index contributed by atoms with van der Waals surface area (Å²) in [6.45, 7) is 1.59. The highest BCUT2D eigenvalue weighted by Crippen LogP contribution is 2.14. The number of rotatable bonds is 4. The lowest BCUT2D eigenvalue weighted by atomic mass is 10.2. The molecule has 1 aliphatic heterocycles. The lowest BCUT2D eigenvalue weighted by molar-refractivity contribution is -0.130. The van der Waals surface area contributed by atoms with Gasteiger partial charge in [0.1, 0.15) is 0 Å². The number of likely N-dealkylation sites (tertiary alicyclic amines) is 1. The van der Waals surface area contributed by atoms with E-state index in [1.54, 1.807) is 11.3 Å². The number of hydrogen-bond acceptors (Lipinski definition) is 3. The first kappa shape index (κ1) is 11.6. The van der Waals surface area contributed by atoms with Crippen LogP contribution in [0.1, 0.15) is 24.1 Å². The maximum absolute atomic E-state index is 11.8. The third-order valence-electron chi connectivity index (χ3n) is 2.97. The summed E-state index contributed by atoms with van der Waals surface area (Å²) in [7, 11) is 0. The SMILES string of the molecule is N[C@H]1CCN(C(=O)CCCc2cccs2)C1. The van der Waals surface area contributed by atoms with Crippen molar-refractivity contribution in [3.63, 3.8) is 0 Å². The average molecular weight is 238 g/mol. The second-order valence-corrected chi connectivity index (χ2v) is 5.35. The number of thiophene rings is 1. The number of amides is 1. The predicted molar refractivity (Wildman–Crippen MR) is 66.4 cm³/mol. The molecule has 16 heavy (non-hydrogen) atoms. The fraction of sp³-hybridized carbons (Fsp3) is 0.583. The minimum Gasteiger partial charge on any atom is -0.341 e. The lowest BCUT2D eigenvalue weighted by Gasteiger charge is -2.15. The van der Waals surface area contributed by atoms with Gasteiger partial charge in [-0.25, -0.2) is 0 Å². The third kappa shape index (κ3) is 3.06. The Balaban J connectivity index is 1.68. The minimum absolute atomic E-state index is 0.196. The van der Waals surface area contributed by atoms with Gasteiger partial charge in [0.05, 0.1) is 0 Å². The van der Waals surface area contributed by atoms with Crippen LogP contribution in [0.25, 0.3) is 0 Å². The zero-order chi connectivity index (χ0) is 11.4. The van der Waals surface area contributed by atoms with Gasteiger partial charge in [-0.05, 0) is 30.7 Å². The molecule has 1 fully saturated rings. The highest BCUT2D eigenvalue weighted by Gasteiger charge is 2.22. The zero-order valence-electron chi connectivity index (χ0n) is 9.39. The van der Waals surface area contributed by atoms with Crippen molar-refractivity contribution in [3.8, 4) is 0 Å². The van der Waals surface area contributed by atoms with Crippen molar-refractivity contribution in [1.82, 2.24) is 4.90 Å². The van der Waals surface area contributed by atoms with E-state index < -0.39 is 0 Å². The summed E-state index contributed by atoms with van der Waals surface area (Å²) in [5.74, 6) is 0.268. The molecular weight excluding hydrogens is 220 g/mol. The van der Waals surface area contributed by atoms with Crippen molar-refractivity contribution in [3.05, 3.63) is 22.4 Å². The molecule has 0 aromatic carbocycles. The molecule has 1 atom stereocenters. The topological polar surface area (TPSA) is 46.3 Å². The molecule has 1 amide bonds. The Kier molecular flexibility index (Phi) is 3.96. The number of nitrogens with zero attached hydrogens (tertiary/aromatic N) is 1. The molecule has 0 unspecified atom stereocenters. The average Bonchev–Trinajstić information content (AvgIpc) is 2.89. The molecule has 0 saturated carbocycles. The molecule has 2 N–H and O–H groups in total. The van der Waals surface area contributed by atoms with Crippen LogP contribution in [0.3, 0.4) is 0 Å². The number of hydrogen-bond donors (Lipinski definition) is 1. The minimum atomic E-state index is 0.196. The quantitative estimate of drug-likeness (QED) is 0.866. The van der Waals surface area contributed by atoms with Crippen LogP contribution in [0.2, 0.25) is 0 Å². The van der Waals surface area contributed by atoms with Gasteiger partial charge in [-0.15, -0.1) is 11.3 Å². The first-order valence-corrected chi connectivity index (χ1v) is 6.69. The van der Waals surface area contributed by atoms with Gasteiger partial charge in [-0.3, -0.25) is 4.79 Å². The monoisotopic (exact) mass is 238 g/mol. The van der Waals surface area contributed by atoms with E-state index in [1.807, 2.05) is 4.90 Å². The van der Waals surface area contributed by atoms with Crippen molar-refractivity contribution in [1.29, 1.82) is 0 Å². The second-order valence-electron chi connectivity index (χ2n) is 4.32. The largest absolute Gasteiger partial charge is 0.341 e. The smallest absolute Gasteiger partial charge is 0.222 e. The molecule has 2 heterocycles. The molecular formula is C12H18N2OS. The van der Waals surface area contributed by atoms with Crippen LogP contribution in [0.4, 0.5) is 0 Å². The van der Waals surface area contributed by atoms with Crippen molar-refractivity contribution < 1.29 is 4.79 Å². The molecule has 0 radical (unpaired) electrons. The van der Waals surface area contributed by atoms with Crippen molar-refractivity contribution in [2.75, 3.05) is 13.1 Å². The van der Waals surface area contributed by atoms with E-state index in [4.69, 9.17) is 5.73 Å². The van der Waals surface area contributed by atoms with Crippen LogP contribution in [0.15, 0.2) is 17.5 Å². The number of carbonyl (C=O) groups excluding carboxylic acids is 1. The Morgan fingerprint density at radius 2 is 2.50 bits per heavy atom. The summed E-state index contributed by atoms with van der Waals surface area (Å²) >= 11 is 1.76. The van der Waals surface area contributed by atoms with Gasteiger partial charge in [0.15, 0.2) is 0 Å². The van der Waals surface area contributed by atoms with Crippen LogP contribution in [0.5, 0.6) is 0 Å². The molecule has 1 saturated heterocycles. The van der Waals surface area contributed by atoms with E-state index in [2.05, 4.69) is 17.5 Å². The predicted octanol–water partition coefficient (Wildman–Crippen LogP) is 1.63. The van der Waals surface area contributed by atoms with Gasteiger partial charge in [-0.2, -0.15) is 0 Å². The van der Waals surface area contributed by atoms with Crippen LogP contribution in [-0.2, 0) is 11.2 Å². The molecule has 0 spiro atoms. The van der Waals surface area contributed by atoms with Gasteiger partial charge in [0.2, 0.25) is 5.91 Å². The van der Waals surface area contributed by atoms with E-state index in [9.17, 15) is 4.79 Å². The van der Waals surface area contributed by atoms with Crippen LogP contribution < -0.4 is 5.73 Å². The number of carbonyl (C=O) groups is 1. The maximum Gasteiger partial charge on any atom is 0.222 e. The normalized spacial score (nSPS) is 20.3. The van der Waals surface area contributed by atoms with Crippen LogP contribution in [0, 0.1) is 0 Å². The molecule has 0 aliphatic carbocycles. The van der Waals surface area contributed by atoms with Gasteiger partial charge >= 0.3 is 0 Å². The van der Waals surface area contributed by atoms with E-state index in [1.165, 1.54) is 4.88 Å². The number of nitrogens with two attached hydrogens (primary N) is 1. The van der Waals surface area contributed by atoms with E-state index in [0.29, 0.717) is 6.42 Å². The van der Waals surface area contributed by atoms with Gasteiger partial charge in [0, 0.05) is 30.4 Å². The highest BCUT2D eigenvalue weighted by atomic mass is 32.1. The zero-order valence-corrected chi connectivity index (χ0v) is 10.2. The fourth-order valence-electron chi connectivity index (χ4n) is 2.04. The summed E-state index contributed by atoms with van der Waals surface area (Å²) < 4.78 is 0. The Morgan fingerprint density at radius 3 is 3.12 bits per heavy atom. The Hall–Kier alpha value is -0.870. The van der Waals surface area contributed by atoms with Crippen LogP contribution in [-0.4, -0.2) is 29.9 Å². The Morgan fingerprint density at radius 1 is 1.62 bits per heavy atom. The highest BCUT2D eigenvalue weighted by molar-refractivity contribution is 7.09. The Bertz CT molecular complexity index is 337. The van der Waals surface area contributed by atoms with E-state index in [-0.39, 0.29) is 11.9 Å². The molecule has 0 bridgehead atoms. The van der Waals surface area contributed by atoms with Crippen LogP contribution >= 0.6 is 11.3 Å². The summed E-state index contributed by atoms with van der Waals surface area (Å²) in [5.41, 5.74) is 5.78. The van der Waals surface area contributed by atoms with Crippen molar-refractivity contribution in [2.45, 2.75) is 31.7 Å². The third-order valence-corrected chi connectivity index (χ3v) is 3.91. The summed E-state index contributed by atoms with van der Waals surface area (Å²) in [6.07, 6.45) is 3.58. The summed E-state index contributed by atoms with van der Waals surface area (Å²) in [6, 6.07) is 4.38. The van der Waals surface area contributed by atoms with Gasteiger partial charge in [0.25, 0.3) is 0 Å². The molecule has 2 rings (SSSR count). The van der Waals surface area contributed by atoms with Crippen molar-refractivity contribution in [2.24, 2.45) is 5.73 Å². The summed E-state index contributed by atoms with van der Waals surface area (Å²) in [5, 5.41) is 2.08. The first-order chi connectivity index (χ1) is 7.75. The van der Waals surface area contributed by atoms with Crippen molar-refractivity contribution >= 4 is 17.2 Å². The molecule has 4 heteroatoms. The fourth-order valence-corrected chi connectivity index (χ4v) is 2.79. The number of aryl methyl sites for hydroxylation is 1. The lowest BCUT2D eigenvalue weighted by Crippen LogP contribution is -2.31.